The number of likely N-dealkylation sites (tertiary alicyclic amines) is 1. The van der Waals surface area contributed by atoms with E-state index >= 15 is 0 Å². The number of nitrogens with one attached hydrogen (secondary N) is 1. The Hall–Kier alpha value is -3.06. The largest absolute Gasteiger partial charge is 0.338 e. The molecule has 1 saturated heterocycles. The summed E-state index contributed by atoms with van der Waals surface area (Å²) in [7, 11) is 0. The Bertz CT molecular complexity index is 941. The summed E-state index contributed by atoms with van der Waals surface area (Å²) in [6.45, 7) is 4.17. The molecule has 7 heteroatoms. The molecule has 1 N–H and O–H groups in total. The highest BCUT2D eigenvalue weighted by molar-refractivity contribution is 5.92. The van der Waals surface area contributed by atoms with Gasteiger partial charge in [0.15, 0.2) is 0 Å². The van der Waals surface area contributed by atoms with Crippen molar-refractivity contribution >= 4 is 11.6 Å². The molecule has 1 aromatic carbocycles. The summed E-state index contributed by atoms with van der Waals surface area (Å²) in [4.78, 5) is 23.4. The molecule has 0 aliphatic carbocycles. The molecule has 1 unspecified atom stereocenters. The minimum absolute atomic E-state index is 0.0313. The van der Waals surface area contributed by atoms with Crippen LogP contribution >= 0.6 is 0 Å². The second-order valence-corrected chi connectivity index (χ2v) is 7.13. The monoisotopic (exact) mass is 377 g/mol. The van der Waals surface area contributed by atoms with Gasteiger partial charge in [0.1, 0.15) is 0 Å². The lowest BCUT2D eigenvalue weighted by Gasteiger charge is -2.30. The number of anilines is 1. The number of aromatic nitrogens is 3. The quantitative estimate of drug-likeness (QED) is 0.734. The third-order valence-electron chi connectivity index (χ3n) is 5.02. The number of benzene rings is 1. The summed E-state index contributed by atoms with van der Waals surface area (Å²) in [6, 6.07) is 11.6. The first-order chi connectivity index (χ1) is 13.7. The maximum atomic E-state index is 12.6. The van der Waals surface area contributed by atoms with Crippen LogP contribution in [0.3, 0.4) is 0 Å². The van der Waals surface area contributed by atoms with E-state index in [0.29, 0.717) is 24.8 Å². The van der Waals surface area contributed by atoms with Crippen molar-refractivity contribution in [3.8, 4) is 11.4 Å². The normalized spacial score (nSPS) is 17.4. The van der Waals surface area contributed by atoms with E-state index in [-0.39, 0.29) is 11.8 Å². The van der Waals surface area contributed by atoms with Gasteiger partial charge in [-0.25, -0.2) is 0 Å². The van der Waals surface area contributed by atoms with Gasteiger partial charge in [-0.2, -0.15) is 4.98 Å². The highest BCUT2D eigenvalue weighted by Gasteiger charge is 2.27. The maximum absolute atomic E-state index is 12.6. The summed E-state index contributed by atoms with van der Waals surface area (Å²) in [5, 5.41) is 7.07. The van der Waals surface area contributed by atoms with Crippen LogP contribution < -0.4 is 5.32 Å². The van der Waals surface area contributed by atoms with Crippen LogP contribution in [0, 0.1) is 12.8 Å². The first kappa shape index (κ1) is 18.3. The van der Waals surface area contributed by atoms with Gasteiger partial charge in [0, 0.05) is 18.3 Å². The third-order valence-corrected chi connectivity index (χ3v) is 5.02. The first-order valence-electron chi connectivity index (χ1n) is 9.51. The molecule has 3 heterocycles. The summed E-state index contributed by atoms with van der Waals surface area (Å²) in [5.41, 5.74) is 2.81. The van der Waals surface area contributed by atoms with Gasteiger partial charge in [-0.3, -0.25) is 14.7 Å². The third kappa shape index (κ3) is 4.26. The number of carbonyl (C=O) groups is 1. The average Bonchev–Trinajstić information content (AvgIpc) is 3.17. The lowest BCUT2D eigenvalue weighted by atomic mass is 9.97. The van der Waals surface area contributed by atoms with E-state index in [0.717, 1.165) is 36.2 Å². The number of amides is 1. The smallest absolute Gasteiger partial charge is 0.241 e. The number of hydrogen-bond acceptors (Lipinski definition) is 6. The van der Waals surface area contributed by atoms with E-state index in [2.05, 4.69) is 25.3 Å². The van der Waals surface area contributed by atoms with Crippen molar-refractivity contribution in [2.75, 3.05) is 18.4 Å². The van der Waals surface area contributed by atoms with Crippen molar-refractivity contribution in [1.29, 1.82) is 0 Å². The van der Waals surface area contributed by atoms with Crippen molar-refractivity contribution < 1.29 is 9.32 Å². The zero-order chi connectivity index (χ0) is 19.3. The lowest BCUT2D eigenvalue weighted by Crippen LogP contribution is -2.40. The molecule has 1 aliphatic heterocycles. The van der Waals surface area contributed by atoms with E-state index in [1.165, 1.54) is 0 Å². The van der Waals surface area contributed by atoms with E-state index in [4.69, 9.17) is 4.52 Å². The highest BCUT2D eigenvalue weighted by atomic mass is 16.5. The van der Waals surface area contributed by atoms with Crippen molar-refractivity contribution in [1.82, 2.24) is 20.0 Å². The minimum atomic E-state index is -0.0623. The first-order valence-corrected chi connectivity index (χ1v) is 9.51. The van der Waals surface area contributed by atoms with Gasteiger partial charge in [0.2, 0.25) is 17.6 Å². The van der Waals surface area contributed by atoms with E-state index in [1.54, 1.807) is 12.4 Å². The number of nitrogens with zero attached hydrogens (tertiary/aromatic N) is 4. The Labute approximate surface area is 163 Å². The van der Waals surface area contributed by atoms with Crippen molar-refractivity contribution in [2.24, 2.45) is 5.92 Å². The second kappa shape index (κ2) is 8.31. The van der Waals surface area contributed by atoms with E-state index < -0.39 is 0 Å². The molecule has 0 bridgehead atoms. The Morgan fingerprint density at radius 2 is 2.18 bits per heavy atom. The molecular formula is C21H23N5O2. The predicted molar refractivity (Wildman–Crippen MR) is 105 cm³/mol. The van der Waals surface area contributed by atoms with Gasteiger partial charge in [0.05, 0.1) is 24.3 Å². The fourth-order valence-corrected chi connectivity index (χ4v) is 3.54. The standard InChI is InChI=1S/C21H23N5O2/c1-15-6-2-3-9-18(15)20-24-19(28-25-20)14-26-11-5-7-16(13-26)21(27)23-17-8-4-10-22-12-17/h2-4,6,8-10,12,16H,5,7,11,13-14H2,1H3,(H,23,27). The summed E-state index contributed by atoms with van der Waals surface area (Å²) < 4.78 is 5.46. The fourth-order valence-electron chi connectivity index (χ4n) is 3.54. The van der Waals surface area contributed by atoms with Crippen LogP contribution in [-0.4, -0.2) is 39.0 Å². The molecule has 7 nitrogen and oxygen atoms in total. The molecule has 0 radical (unpaired) electrons. The lowest BCUT2D eigenvalue weighted by molar-refractivity contribution is -0.121. The summed E-state index contributed by atoms with van der Waals surface area (Å²) >= 11 is 0. The molecule has 1 amide bonds. The number of pyridine rings is 1. The Morgan fingerprint density at radius 1 is 1.29 bits per heavy atom. The number of piperidine rings is 1. The van der Waals surface area contributed by atoms with E-state index in [9.17, 15) is 4.79 Å². The number of carbonyl (C=O) groups excluding carboxylic acids is 1. The van der Waals surface area contributed by atoms with Crippen LogP contribution in [0.15, 0.2) is 53.3 Å². The zero-order valence-corrected chi connectivity index (χ0v) is 15.8. The Balaban J connectivity index is 1.38. The molecule has 4 rings (SSSR count). The van der Waals surface area contributed by atoms with Crippen LogP contribution in [0.4, 0.5) is 5.69 Å². The Kier molecular flexibility index (Phi) is 5.43. The van der Waals surface area contributed by atoms with Crippen molar-refractivity contribution in [2.45, 2.75) is 26.3 Å². The molecule has 1 aliphatic rings. The Morgan fingerprint density at radius 3 is 3.00 bits per heavy atom. The summed E-state index contributed by atoms with van der Waals surface area (Å²) in [5.74, 6) is 1.15. The zero-order valence-electron chi connectivity index (χ0n) is 15.8. The summed E-state index contributed by atoms with van der Waals surface area (Å²) in [6.07, 6.45) is 5.18. The topological polar surface area (TPSA) is 84.2 Å². The molecular weight excluding hydrogens is 354 g/mol. The minimum Gasteiger partial charge on any atom is -0.338 e. The van der Waals surface area contributed by atoms with E-state index in [1.807, 2.05) is 43.3 Å². The number of aryl methyl sites for hydroxylation is 1. The van der Waals surface area contributed by atoms with Gasteiger partial charge >= 0.3 is 0 Å². The van der Waals surface area contributed by atoms with Crippen LogP contribution in [-0.2, 0) is 11.3 Å². The molecule has 3 aromatic rings. The molecule has 144 valence electrons. The molecule has 2 aromatic heterocycles. The number of rotatable bonds is 5. The van der Waals surface area contributed by atoms with Crippen LogP contribution in [0.1, 0.15) is 24.3 Å². The van der Waals surface area contributed by atoms with Gasteiger partial charge in [-0.05, 0) is 44.0 Å². The van der Waals surface area contributed by atoms with Gasteiger partial charge in [-0.15, -0.1) is 0 Å². The number of hydrogen-bond donors (Lipinski definition) is 1. The van der Waals surface area contributed by atoms with Crippen molar-refractivity contribution in [3.05, 3.63) is 60.2 Å². The fraction of sp³-hybridized carbons (Fsp3) is 0.333. The SMILES string of the molecule is Cc1ccccc1-c1noc(CN2CCCC(C(=O)Nc3cccnc3)C2)n1. The molecule has 0 saturated carbocycles. The highest BCUT2D eigenvalue weighted by Crippen LogP contribution is 2.23. The predicted octanol–water partition coefficient (Wildman–Crippen LogP) is 3.29. The van der Waals surface area contributed by atoms with Crippen LogP contribution in [0.25, 0.3) is 11.4 Å². The van der Waals surface area contributed by atoms with Crippen LogP contribution in [0.5, 0.6) is 0 Å². The molecule has 1 atom stereocenters. The molecule has 0 spiro atoms. The molecule has 1 fully saturated rings. The van der Waals surface area contributed by atoms with Crippen molar-refractivity contribution in [3.63, 3.8) is 0 Å². The van der Waals surface area contributed by atoms with Crippen LogP contribution in [0.2, 0.25) is 0 Å². The van der Waals surface area contributed by atoms with Gasteiger partial charge in [-0.1, -0.05) is 29.4 Å². The maximum Gasteiger partial charge on any atom is 0.241 e. The molecule has 28 heavy (non-hydrogen) atoms. The van der Waals surface area contributed by atoms with Gasteiger partial charge < -0.3 is 9.84 Å². The van der Waals surface area contributed by atoms with Gasteiger partial charge in [0.25, 0.3) is 0 Å². The average molecular weight is 377 g/mol. The second-order valence-electron chi connectivity index (χ2n) is 7.13.